The van der Waals surface area contributed by atoms with Gasteiger partial charge in [0.25, 0.3) is 5.60 Å². The number of nitrogens with zero attached hydrogens (tertiary/aromatic N) is 2. The van der Waals surface area contributed by atoms with E-state index in [4.69, 9.17) is 0 Å². The molecule has 2 aromatic carbocycles. The lowest BCUT2D eigenvalue weighted by Gasteiger charge is -2.32. The quantitative estimate of drug-likeness (QED) is 0.423. The molecular weight excluding hydrogens is 490 g/mol. The molecule has 0 radical (unpaired) electrons. The molecule has 0 aliphatic heterocycles. The molecule has 3 N–H and O–H groups in total. The fraction of sp³-hybridized carbons (Fsp3) is 0.200. The number of alkyl halides is 6. The summed E-state index contributed by atoms with van der Waals surface area (Å²) < 4.78 is 103. The van der Waals surface area contributed by atoms with Crippen molar-refractivity contribution < 1.29 is 39.9 Å². The zero-order valence-corrected chi connectivity index (χ0v) is 17.9. The van der Waals surface area contributed by atoms with E-state index < -0.39 is 33.5 Å². The van der Waals surface area contributed by atoms with E-state index in [1.54, 1.807) is 18.2 Å². The molecule has 0 bridgehead atoms. The maximum absolute atomic E-state index is 13.0. The summed E-state index contributed by atoms with van der Waals surface area (Å²) in [6.07, 6.45) is -9.59. The lowest BCUT2D eigenvalue weighted by atomic mass is 9.92. The van der Waals surface area contributed by atoms with Crippen LogP contribution in [0.25, 0.3) is 11.3 Å². The first-order chi connectivity index (χ1) is 15.6. The minimum atomic E-state index is -5.98. The van der Waals surface area contributed by atoms with Crippen LogP contribution in [-0.4, -0.2) is 42.1 Å². The van der Waals surface area contributed by atoms with Crippen LogP contribution in [0.2, 0.25) is 0 Å². The van der Waals surface area contributed by atoms with Crippen LogP contribution in [0.1, 0.15) is 5.56 Å². The lowest BCUT2D eigenvalue weighted by Crippen LogP contribution is -2.53. The Morgan fingerprint density at radius 1 is 0.824 bits per heavy atom. The summed E-state index contributed by atoms with van der Waals surface area (Å²) in [5, 5.41) is 12.1. The van der Waals surface area contributed by atoms with Gasteiger partial charge in [-0.25, -0.2) is 18.4 Å². The fourth-order valence-electron chi connectivity index (χ4n) is 2.91. The number of sulfonamides is 1. The van der Waals surface area contributed by atoms with Gasteiger partial charge in [0.05, 0.1) is 11.9 Å². The van der Waals surface area contributed by atoms with Gasteiger partial charge in [-0.1, -0.05) is 24.3 Å². The van der Waals surface area contributed by atoms with Gasteiger partial charge in [-0.05, 0) is 30.3 Å². The molecule has 0 aliphatic rings. The molecule has 0 spiro atoms. The average Bonchev–Trinajstić information content (AvgIpc) is 2.72. The molecule has 3 aromatic rings. The highest BCUT2D eigenvalue weighted by Crippen LogP contribution is 2.50. The van der Waals surface area contributed by atoms with E-state index in [2.05, 4.69) is 20.0 Å². The van der Waals surface area contributed by atoms with Gasteiger partial charge in [-0.15, -0.1) is 0 Å². The van der Waals surface area contributed by atoms with E-state index in [-0.39, 0.29) is 11.6 Å². The molecule has 0 aliphatic carbocycles. The monoisotopic (exact) mass is 506 g/mol. The van der Waals surface area contributed by atoms with Crippen LogP contribution < -0.4 is 10.0 Å². The molecule has 1 heterocycles. The SMILES string of the molecule is CS(=O)(=O)Nc1ccc(-c2ccnc(Nc3ccc(C(O)(C(F)(F)F)C(F)(F)F)cc3)n2)cc1. The summed E-state index contributed by atoms with van der Waals surface area (Å²) in [5.41, 5.74) is -5.02. The molecule has 7 nitrogen and oxygen atoms in total. The largest absolute Gasteiger partial charge is 0.430 e. The van der Waals surface area contributed by atoms with Gasteiger partial charge in [0.2, 0.25) is 16.0 Å². The van der Waals surface area contributed by atoms with E-state index >= 15 is 0 Å². The fourth-order valence-corrected chi connectivity index (χ4v) is 3.48. The zero-order chi connectivity index (χ0) is 25.4. The van der Waals surface area contributed by atoms with Crippen molar-refractivity contribution in [3.05, 3.63) is 66.4 Å². The van der Waals surface area contributed by atoms with Gasteiger partial charge in [0.15, 0.2) is 0 Å². The van der Waals surface area contributed by atoms with Crippen LogP contribution in [0.3, 0.4) is 0 Å². The third kappa shape index (κ3) is 5.39. The highest BCUT2D eigenvalue weighted by molar-refractivity contribution is 7.92. The maximum atomic E-state index is 13.0. The first-order valence-corrected chi connectivity index (χ1v) is 11.1. The molecule has 0 saturated heterocycles. The first kappa shape index (κ1) is 25.2. The number of hydrogen-bond donors (Lipinski definition) is 3. The standard InChI is InChI=1S/C20H16F6N4O3S/c1-34(32,33)30-15-6-2-12(3-7-15)16-10-11-27-17(29-16)28-14-8-4-13(5-9-14)18(31,19(21,22)23)20(24,25)26/h2-11,30-31H,1H3,(H,27,28,29). The number of aromatic nitrogens is 2. The summed E-state index contributed by atoms with van der Waals surface area (Å²) in [7, 11) is -3.45. The highest BCUT2D eigenvalue weighted by atomic mass is 32.2. The molecule has 0 atom stereocenters. The number of benzene rings is 2. The number of nitrogens with one attached hydrogen (secondary N) is 2. The summed E-state index contributed by atoms with van der Waals surface area (Å²) in [5.74, 6) is -0.00880. The van der Waals surface area contributed by atoms with Crippen molar-refractivity contribution in [2.24, 2.45) is 0 Å². The molecule has 34 heavy (non-hydrogen) atoms. The van der Waals surface area contributed by atoms with Gasteiger partial charge in [-0.3, -0.25) is 4.72 Å². The molecule has 0 unspecified atom stereocenters. The molecule has 14 heteroatoms. The predicted molar refractivity (Wildman–Crippen MR) is 112 cm³/mol. The zero-order valence-electron chi connectivity index (χ0n) is 17.1. The smallest absolute Gasteiger partial charge is 0.369 e. The highest BCUT2D eigenvalue weighted by Gasteiger charge is 2.71. The van der Waals surface area contributed by atoms with Gasteiger partial charge < -0.3 is 10.4 Å². The maximum Gasteiger partial charge on any atom is 0.430 e. The number of aliphatic hydroxyl groups is 1. The van der Waals surface area contributed by atoms with Gasteiger partial charge in [0.1, 0.15) is 0 Å². The van der Waals surface area contributed by atoms with E-state index in [1.165, 1.54) is 18.3 Å². The van der Waals surface area contributed by atoms with Crippen molar-refractivity contribution in [1.29, 1.82) is 0 Å². The van der Waals surface area contributed by atoms with E-state index in [0.717, 1.165) is 18.4 Å². The van der Waals surface area contributed by atoms with Crippen LogP contribution in [-0.2, 0) is 15.6 Å². The van der Waals surface area contributed by atoms with Crippen molar-refractivity contribution in [2.75, 3.05) is 16.3 Å². The predicted octanol–water partition coefficient (Wildman–Crippen LogP) is 4.57. The van der Waals surface area contributed by atoms with Crippen molar-refractivity contribution in [3.8, 4) is 11.3 Å². The summed E-state index contributed by atoms with van der Waals surface area (Å²) in [4.78, 5) is 8.17. The van der Waals surface area contributed by atoms with E-state index in [0.29, 0.717) is 29.1 Å². The van der Waals surface area contributed by atoms with Crippen molar-refractivity contribution in [2.45, 2.75) is 18.0 Å². The van der Waals surface area contributed by atoms with E-state index in [1.807, 2.05) is 0 Å². The van der Waals surface area contributed by atoms with Crippen LogP contribution in [0.15, 0.2) is 60.8 Å². The Balaban J connectivity index is 1.82. The Bertz CT molecular complexity index is 1250. The number of hydrogen-bond acceptors (Lipinski definition) is 6. The van der Waals surface area contributed by atoms with Crippen molar-refractivity contribution in [3.63, 3.8) is 0 Å². The van der Waals surface area contributed by atoms with Crippen molar-refractivity contribution in [1.82, 2.24) is 9.97 Å². The Morgan fingerprint density at radius 3 is 1.85 bits per heavy atom. The van der Waals surface area contributed by atoms with Crippen LogP contribution in [0, 0.1) is 0 Å². The molecule has 3 rings (SSSR count). The topological polar surface area (TPSA) is 104 Å². The van der Waals surface area contributed by atoms with Crippen LogP contribution >= 0.6 is 0 Å². The average molecular weight is 506 g/mol. The van der Waals surface area contributed by atoms with E-state index in [9.17, 15) is 39.9 Å². The third-order valence-electron chi connectivity index (χ3n) is 4.52. The molecule has 182 valence electrons. The Labute approximate surface area is 189 Å². The molecular formula is C20H16F6N4O3S. The minimum absolute atomic E-state index is 0.00880. The van der Waals surface area contributed by atoms with Crippen LogP contribution in [0.5, 0.6) is 0 Å². The van der Waals surface area contributed by atoms with Gasteiger partial charge >= 0.3 is 12.4 Å². The second kappa shape index (κ2) is 8.76. The van der Waals surface area contributed by atoms with Crippen LogP contribution in [0.4, 0.5) is 43.7 Å². The van der Waals surface area contributed by atoms with Gasteiger partial charge in [-0.2, -0.15) is 26.3 Å². The Morgan fingerprint density at radius 2 is 1.35 bits per heavy atom. The Hall–Kier alpha value is -3.39. The lowest BCUT2D eigenvalue weighted by molar-refractivity contribution is -0.376. The third-order valence-corrected chi connectivity index (χ3v) is 5.13. The second-order valence-corrected chi connectivity index (χ2v) is 8.87. The number of rotatable bonds is 6. The van der Waals surface area contributed by atoms with Gasteiger partial charge in [0, 0.05) is 28.7 Å². The second-order valence-electron chi connectivity index (χ2n) is 7.13. The minimum Gasteiger partial charge on any atom is -0.369 e. The van der Waals surface area contributed by atoms with Crippen molar-refractivity contribution >= 4 is 27.3 Å². The number of anilines is 3. The molecule has 0 saturated carbocycles. The molecule has 1 aromatic heterocycles. The Kier molecular flexibility index (Phi) is 6.50. The first-order valence-electron chi connectivity index (χ1n) is 9.25. The summed E-state index contributed by atoms with van der Waals surface area (Å²) >= 11 is 0. The molecule has 0 fully saturated rings. The molecule has 0 amide bonds. The number of halogens is 6. The normalized spacial score (nSPS) is 12.9. The summed E-state index contributed by atoms with van der Waals surface area (Å²) in [6, 6.07) is 10.6. The summed E-state index contributed by atoms with van der Waals surface area (Å²) in [6.45, 7) is 0.